The number of carbonyl (C=O) groups is 1. The fraction of sp³-hybridized carbons (Fsp3) is 0.389. The lowest BCUT2D eigenvalue weighted by molar-refractivity contribution is -0.122. The summed E-state index contributed by atoms with van der Waals surface area (Å²) in [5, 5.41) is 15.8. The van der Waals surface area contributed by atoms with E-state index in [1.54, 1.807) is 28.9 Å². The van der Waals surface area contributed by atoms with Crippen molar-refractivity contribution < 1.29 is 4.79 Å². The molecule has 8 heteroatoms. The molecular weight excluding hydrogens is 332 g/mol. The molecule has 0 saturated carbocycles. The van der Waals surface area contributed by atoms with Crippen molar-refractivity contribution in [3.63, 3.8) is 0 Å². The molecule has 2 heterocycles. The molecule has 3 rings (SSSR count). The summed E-state index contributed by atoms with van der Waals surface area (Å²) in [6.45, 7) is 6.01. The van der Waals surface area contributed by atoms with Crippen molar-refractivity contribution in [3.05, 3.63) is 51.6 Å². The number of amides is 1. The summed E-state index contributed by atoms with van der Waals surface area (Å²) >= 11 is 0. The molecule has 26 heavy (non-hydrogen) atoms. The van der Waals surface area contributed by atoms with E-state index >= 15 is 0 Å². The average molecular weight is 354 g/mol. The van der Waals surface area contributed by atoms with Gasteiger partial charge in [-0.3, -0.25) is 14.3 Å². The minimum atomic E-state index is -0.240. The maximum Gasteiger partial charge on any atom is 0.277 e. The molecule has 0 aliphatic rings. The van der Waals surface area contributed by atoms with E-state index in [4.69, 9.17) is 0 Å². The number of fused-ring (bicyclic) bond motifs is 1. The molecule has 0 fully saturated rings. The lowest BCUT2D eigenvalue weighted by Gasteiger charge is -2.15. The molecule has 1 N–H and O–H groups in total. The van der Waals surface area contributed by atoms with Crippen molar-refractivity contribution in [2.45, 2.75) is 39.8 Å². The van der Waals surface area contributed by atoms with Gasteiger partial charge >= 0.3 is 0 Å². The largest absolute Gasteiger partial charge is 0.349 e. The Balaban J connectivity index is 1.68. The van der Waals surface area contributed by atoms with E-state index in [-0.39, 0.29) is 30.5 Å². The van der Waals surface area contributed by atoms with E-state index < -0.39 is 0 Å². The van der Waals surface area contributed by atoms with Crippen LogP contribution in [0.4, 0.5) is 0 Å². The number of benzene rings is 1. The van der Waals surface area contributed by atoms with Crippen LogP contribution in [0.2, 0.25) is 0 Å². The van der Waals surface area contributed by atoms with Crippen molar-refractivity contribution >= 4 is 16.8 Å². The monoisotopic (exact) mass is 354 g/mol. The number of nitrogens with one attached hydrogen (secondary N) is 1. The molecule has 1 atom stereocenters. The number of aryl methyl sites for hydroxylation is 3. The van der Waals surface area contributed by atoms with E-state index in [0.717, 1.165) is 17.0 Å². The van der Waals surface area contributed by atoms with Gasteiger partial charge in [-0.15, -0.1) is 5.10 Å². The van der Waals surface area contributed by atoms with Crippen molar-refractivity contribution in [3.8, 4) is 0 Å². The van der Waals surface area contributed by atoms with Crippen LogP contribution in [0.5, 0.6) is 0 Å². The second-order valence-corrected chi connectivity index (χ2v) is 6.38. The molecule has 2 aromatic heterocycles. The van der Waals surface area contributed by atoms with Gasteiger partial charge in [-0.1, -0.05) is 17.3 Å². The van der Waals surface area contributed by atoms with Crippen LogP contribution in [0.1, 0.15) is 36.3 Å². The Morgan fingerprint density at radius 1 is 1.27 bits per heavy atom. The predicted molar refractivity (Wildman–Crippen MR) is 97.7 cm³/mol. The molecule has 8 nitrogen and oxygen atoms in total. The molecule has 3 aromatic rings. The molecule has 0 bridgehead atoms. The van der Waals surface area contributed by atoms with Crippen LogP contribution in [-0.4, -0.2) is 30.7 Å². The zero-order chi connectivity index (χ0) is 18.8. The quantitative estimate of drug-likeness (QED) is 0.747. The summed E-state index contributed by atoms with van der Waals surface area (Å²) in [6, 6.07) is 6.87. The fourth-order valence-electron chi connectivity index (χ4n) is 3.18. The maximum atomic E-state index is 12.4. The van der Waals surface area contributed by atoms with E-state index in [9.17, 15) is 9.59 Å². The van der Waals surface area contributed by atoms with Crippen LogP contribution in [0.15, 0.2) is 29.1 Å². The van der Waals surface area contributed by atoms with Crippen molar-refractivity contribution in [1.82, 2.24) is 30.1 Å². The smallest absolute Gasteiger partial charge is 0.277 e. The van der Waals surface area contributed by atoms with Gasteiger partial charge in [0.25, 0.3) is 5.56 Å². The van der Waals surface area contributed by atoms with E-state index in [2.05, 4.69) is 20.7 Å². The standard InChI is InChI=1S/C18H22N6O2/c1-11(17-12(2)21-23(4)13(17)3)19-16(25)9-10-24-18(26)14-7-5-6-8-15(14)20-22-24/h5-8,11H,9-10H2,1-4H3,(H,19,25). The predicted octanol–water partition coefficient (Wildman–Crippen LogP) is 1.41. The second kappa shape index (κ2) is 7.07. The van der Waals surface area contributed by atoms with Gasteiger partial charge in [-0.2, -0.15) is 5.10 Å². The number of rotatable bonds is 5. The van der Waals surface area contributed by atoms with Crippen molar-refractivity contribution in [2.75, 3.05) is 0 Å². The average Bonchev–Trinajstić information content (AvgIpc) is 2.86. The highest BCUT2D eigenvalue weighted by Gasteiger charge is 2.18. The third kappa shape index (κ3) is 3.35. The van der Waals surface area contributed by atoms with Crippen LogP contribution in [-0.2, 0) is 18.4 Å². The number of aromatic nitrogens is 5. The SMILES string of the molecule is Cc1nn(C)c(C)c1C(C)NC(=O)CCn1nnc2ccccc2c1=O. The Morgan fingerprint density at radius 2 is 2.00 bits per heavy atom. The summed E-state index contributed by atoms with van der Waals surface area (Å²) in [5.41, 5.74) is 3.24. The summed E-state index contributed by atoms with van der Waals surface area (Å²) in [4.78, 5) is 24.7. The fourth-order valence-corrected chi connectivity index (χ4v) is 3.18. The van der Waals surface area contributed by atoms with Gasteiger partial charge in [-0.05, 0) is 32.9 Å². The number of nitrogens with zero attached hydrogens (tertiary/aromatic N) is 5. The first kappa shape index (κ1) is 17.8. The molecule has 1 unspecified atom stereocenters. The highest BCUT2D eigenvalue weighted by molar-refractivity contribution is 5.77. The highest BCUT2D eigenvalue weighted by atomic mass is 16.2. The minimum absolute atomic E-state index is 0.148. The van der Waals surface area contributed by atoms with E-state index in [0.29, 0.717) is 10.9 Å². The van der Waals surface area contributed by atoms with Crippen LogP contribution in [0.25, 0.3) is 10.9 Å². The summed E-state index contributed by atoms with van der Waals surface area (Å²) in [6.07, 6.45) is 0.148. The van der Waals surface area contributed by atoms with Gasteiger partial charge < -0.3 is 5.32 Å². The molecule has 1 amide bonds. The molecule has 0 spiro atoms. The molecular formula is C18H22N6O2. The Kier molecular flexibility index (Phi) is 4.83. The zero-order valence-electron chi connectivity index (χ0n) is 15.4. The number of hydrogen-bond donors (Lipinski definition) is 1. The Hall–Kier alpha value is -3.03. The van der Waals surface area contributed by atoms with Crippen molar-refractivity contribution in [2.24, 2.45) is 7.05 Å². The topological polar surface area (TPSA) is 94.7 Å². The number of carbonyl (C=O) groups excluding carboxylic acids is 1. The van der Waals surface area contributed by atoms with Crippen LogP contribution in [0, 0.1) is 13.8 Å². The lowest BCUT2D eigenvalue weighted by Crippen LogP contribution is -2.31. The summed E-state index contributed by atoms with van der Waals surface area (Å²) in [5.74, 6) is -0.151. The maximum absolute atomic E-state index is 12.4. The molecule has 0 aliphatic heterocycles. The van der Waals surface area contributed by atoms with Gasteiger partial charge in [0.1, 0.15) is 5.52 Å². The molecule has 1 aromatic carbocycles. The van der Waals surface area contributed by atoms with Gasteiger partial charge in [0.15, 0.2) is 0 Å². The van der Waals surface area contributed by atoms with Crippen LogP contribution >= 0.6 is 0 Å². The van der Waals surface area contributed by atoms with E-state index in [1.165, 1.54) is 4.68 Å². The summed E-state index contributed by atoms with van der Waals surface area (Å²) < 4.78 is 3.03. The van der Waals surface area contributed by atoms with Gasteiger partial charge in [0.05, 0.1) is 23.7 Å². The van der Waals surface area contributed by atoms with Gasteiger partial charge in [0, 0.05) is 24.7 Å². The normalized spacial score (nSPS) is 12.3. The Labute approximate surface area is 150 Å². The van der Waals surface area contributed by atoms with E-state index in [1.807, 2.05) is 27.8 Å². The van der Waals surface area contributed by atoms with Crippen molar-refractivity contribution in [1.29, 1.82) is 0 Å². The number of hydrogen-bond acceptors (Lipinski definition) is 5. The third-order valence-electron chi connectivity index (χ3n) is 4.56. The molecule has 0 aliphatic carbocycles. The molecule has 136 valence electrons. The molecule has 0 radical (unpaired) electrons. The second-order valence-electron chi connectivity index (χ2n) is 6.38. The first-order valence-corrected chi connectivity index (χ1v) is 8.50. The van der Waals surface area contributed by atoms with Crippen LogP contribution in [0.3, 0.4) is 0 Å². The lowest BCUT2D eigenvalue weighted by atomic mass is 10.1. The molecule has 0 saturated heterocycles. The van der Waals surface area contributed by atoms with Gasteiger partial charge in [0.2, 0.25) is 5.91 Å². The van der Waals surface area contributed by atoms with Crippen LogP contribution < -0.4 is 10.9 Å². The van der Waals surface area contributed by atoms with Gasteiger partial charge in [-0.25, -0.2) is 4.68 Å². The third-order valence-corrected chi connectivity index (χ3v) is 4.56. The minimum Gasteiger partial charge on any atom is -0.349 e. The first-order chi connectivity index (χ1) is 12.4. The zero-order valence-corrected chi connectivity index (χ0v) is 15.4. The Bertz CT molecular complexity index is 1020. The first-order valence-electron chi connectivity index (χ1n) is 8.50. The summed E-state index contributed by atoms with van der Waals surface area (Å²) in [7, 11) is 1.88. The highest BCUT2D eigenvalue weighted by Crippen LogP contribution is 2.20. The Morgan fingerprint density at radius 3 is 2.69 bits per heavy atom.